The second kappa shape index (κ2) is 19.0. The standard InChI is InChI=1S/C36H57N7O10/c1-18(28-24(45)14-35(4,5)15-25(28)46)39-12-9-21(38)31(49)43-30(20(3)44)33(51)41-22(32(50)42-23(8-11-37)34(52)53)10-13-40-19(2)29-26(47)16-36(6,7)17-27(29)48/h20-23,30,39-40,44H,8-17,37-38H2,1-7H3,(H,41,51)(H,42,50)(H,43,49)(H,52,53)/t20-,21+,22+,23+,30+/m1/s1. The smallest absolute Gasteiger partial charge is 0.326 e. The first-order valence-electron chi connectivity index (χ1n) is 17.8. The average Bonchev–Trinajstić information content (AvgIpc) is 3.00. The van der Waals surface area contributed by atoms with Crippen molar-refractivity contribution in [1.82, 2.24) is 26.6 Å². The van der Waals surface area contributed by atoms with Gasteiger partial charge in [-0.3, -0.25) is 33.6 Å². The minimum Gasteiger partial charge on any atom is -0.480 e. The predicted octanol–water partition coefficient (Wildman–Crippen LogP) is -0.994. The molecule has 11 N–H and O–H groups in total. The lowest BCUT2D eigenvalue weighted by molar-refractivity contribution is -0.142. The molecule has 2 aliphatic rings. The maximum atomic E-state index is 13.4. The second-order valence-electron chi connectivity index (χ2n) is 15.5. The highest BCUT2D eigenvalue weighted by Crippen LogP contribution is 2.35. The van der Waals surface area contributed by atoms with Gasteiger partial charge in [-0.05, 0) is 57.4 Å². The predicted molar refractivity (Wildman–Crippen MR) is 193 cm³/mol. The van der Waals surface area contributed by atoms with Crippen LogP contribution in [0, 0.1) is 10.8 Å². The molecule has 0 heterocycles. The van der Waals surface area contributed by atoms with Crippen molar-refractivity contribution in [2.75, 3.05) is 19.6 Å². The first kappa shape index (κ1) is 44.7. The zero-order valence-electron chi connectivity index (χ0n) is 31.8. The van der Waals surface area contributed by atoms with E-state index in [0.717, 1.165) is 0 Å². The van der Waals surface area contributed by atoms with E-state index >= 15 is 0 Å². The summed E-state index contributed by atoms with van der Waals surface area (Å²) < 4.78 is 0. The zero-order valence-corrected chi connectivity index (χ0v) is 31.8. The third-order valence-corrected chi connectivity index (χ3v) is 9.19. The van der Waals surface area contributed by atoms with Crippen LogP contribution in [0.5, 0.6) is 0 Å². The quantitative estimate of drug-likeness (QED) is 0.0601. The fourth-order valence-electron chi connectivity index (χ4n) is 6.38. The highest BCUT2D eigenvalue weighted by atomic mass is 16.4. The van der Waals surface area contributed by atoms with Crippen LogP contribution in [0.15, 0.2) is 22.5 Å². The maximum Gasteiger partial charge on any atom is 0.326 e. The number of carboxylic acid groups (broad SMARTS) is 1. The fraction of sp³-hybridized carbons (Fsp3) is 0.667. The minimum absolute atomic E-state index is 0.0181. The molecule has 5 atom stereocenters. The maximum absolute atomic E-state index is 13.4. The Morgan fingerprint density at radius 2 is 1.09 bits per heavy atom. The lowest BCUT2D eigenvalue weighted by atomic mass is 9.73. The van der Waals surface area contributed by atoms with E-state index in [1.165, 1.54) is 6.92 Å². The molecule has 0 spiro atoms. The molecule has 0 saturated heterocycles. The van der Waals surface area contributed by atoms with E-state index in [9.17, 15) is 48.6 Å². The Kier molecular flexibility index (Phi) is 16.0. The van der Waals surface area contributed by atoms with Gasteiger partial charge in [-0.1, -0.05) is 27.7 Å². The van der Waals surface area contributed by atoms with Crippen molar-refractivity contribution in [3.63, 3.8) is 0 Å². The van der Waals surface area contributed by atoms with Crippen LogP contribution in [0.2, 0.25) is 0 Å². The summed E-state index contributed by atoms with van der Waals surface area (Å²) in [6.07, 6.45) is -0.904. The number of nitrogens with one attached hydrogen (secondary N) is 5. The summed E-state index contributed by atoms with van der Waals surface area (Å²) in [6, 6.07) is -5.54. The monoisotopic (exact) mass is 747 g/mol. The lowest BCUT2D eigenvalue weighted by Gasteiger charge is -2.29. The Labute approximate surface area is 309 Å². The van der Waals surface area contributed by atoms with E-state index in [1.807, 2.05) is 27.7 Å². The number of ketones is 4. The number of aliphatic hydroxyl groups is 1. The number of hydrogen-bond acceptors (Lipinski definition) is 13. The van der Waals surface area contributed by atoms with Crippen molar-refractivity contribution in [1.29, 1.82) is 0 Å². The molecule has 3 amide bonds. The largest absolute Gasteiger partial charge is 0.480 e. The molecule has 17 nitrogen and oxygen atoms in total. The molecule has 53 heavy (non-hydrogen) atoms. The van der Waals surface area contributed by atoms with Gasteiger partial charge in [0.1, 0.15) is 18.1 Å². The molecular weight excluding hydrogens is 690 g/mol. The van der Waals surface area contributed by atoms with Gasteiger partial charge in [0, 0.05) is 50.2 Å². The van der Waals surface area contributed by atoms with Gasteiger partial charge >= 0.3 is 5.97 Å². The molecule has 2 aliphatic carbocycles. The van der Waals surface area contributed by atoms with E-state index in [-0.39, 0.29) is 105 Å². The number of aliphatic hydroxyl groups excluding tert-OH is 1. The van der Waals surface area contributed by atoms with Crippen LogP contribution in [0.4, 0.5) is 0 Å². The van der Waals surface area contributed by atoms with Gasteiger partial charge in [-0.15, -0.1) is 0 Å². The highest BCUT2D eigenvalue weighted by Gasteiger charge is 2.38. The van der Waals surface area contributed by atoms with Gasteiger partial charge in [0.25, 0.3) is 0 Å². The number of rotatable bonds is 18. The van der Waals surface area contributed by atoms with E-state index in [4.69, 9.17) is 11.5 Å². The number of amides is 3. The normalized spacial score (nSPS) is 19.7. The van der Waals surface area contributed by atoms with Crippen molar-refractivity contribution in [3.05, 3.63) is 22.5 Å². The van der Waals surface area contributed by atoms with E-state index in [0.29, 0.717) is 5.70 Å². The Bertz CT molecular complexity index is 1490. The Morgan fingerprint density at radius 3 is 1.49 bits per heavy atom. The second-order valence-corrected chi connectivity index (χ2v) is 15.5. The lowest BCUT2D eigenvalue weighted by Crippen LogP contribution is -2.60. The molecule has 0 aromatic carbocycles. The number of hydrogen-bond donors (Lipinski definition) is 9. The van der Waals surface area contributed by atoms with Crippen LogP contribution < -0.4 is 38.1 Å². The van der Waals surface area contributed by atoms with Gasteiger partial charge in [-0.2, -0.15) is 0 Å². The number of carboxylic acids is 1. The molecule has 2 saturated carbocycles. The van der Waals surface area contributed by atoms with Gasteiger partial charge in [-0.25, -0.2) is 4.79 Å². The van der Waals surface area contributed by atoms with Crippen molar-refractivity contribution in [2.45, 2.75) is 124 Å². The third kappa shape index (κ3) is 13.2. The molecule has 0 aromatic rings. The summed E-state index contributed by atoms with van der Waals surface area (Å²) >= 11 is 0. The van der Waals surface area contributed by atoms with Crippen molar-refractivity contribution < 1.29 is 48.6 Å². The number of carbonyl (C=O) groups excluding carboxylic acids is 7. The summed E-state index contributed by atoms with van der Waals surface area (Å²) in [7, 11) is 0. The summed E-state index contributed by atoms with van der Waals surface area (Å²) in [5.41, 5.74) is 11.4. The minimum atomic E-state index is -1.58. The van der Waals surface area contributed by atoms with Gasteiger partial charge in [0.15, 0.2) is 23.1 Å². The topological polar surface area (TPSA) is 289 Å². The van der Waals surface area contributed by atoms with E-state index in [1.54, 1.807) is 13.8 Å². The summed E-state index contributed by atoms with van der Waals surface area (Å²) in [5, 5.41) is 33.1. The molecule has 0 unspecified atom stereocenters. The molecule has 2 fully saturated rings. The SMILES string of the molecule is CC(NCC[C@H](NC(=O)[C@@H](NC(=O)[C@@H](N)CCNC(C)=C1C(=O)CC(C)(C)CC1=O)[C@@H](C)O)C(=O)N[C@@H](CCN)C(=O)O)=C1C(=O)CC(C)(C)CC1=O. The fourth-order valence-corrected chi connectivity index (χ4v) is 6.38. The molecule has 0 radical (unpaired) electrons. The van der Waals surface area contributed by atoms with Crippen LogP contribution in [0.3, 0.4) is 0 Å². The Hall–Kier alpha value is -4.48. The summed E-state index contributed by atoms with van der Waals surface area (Å²) in [5.74, 6) is -5.20. The van der Waals surface area contributed by atoms with Crippen molar-refractivity contribution in [3.8, 4) is 0 Å². The van der Waals surface area contributed by atoms with Crippen LogP contribution in [0.25, 0.3) is 0 Å². The third-order valence-electron chi connectivity index (χ3n) is 9.19. The van der Waals surface area contributed by atoms with Crippen LogP contribution >= 0.6 is 0 Å². The first-order chi connectivity index (χ1) is 24.5. The number of aliphatic carboxylic acids is 1. The number of Topliss-reactive ketones (excluding diaryl/α,β-unsaturated/α-hetero) is 4. The molecule has 0 aliphatic heterocycles. The van der Waals surface area contributed by atoms with Crippen molar-refractivity contribution in [2.24, 2.45) is 22.3 Å². The Morgan fingerprint density at radius 1 is 0.679 bits per heavy atom. The van der Waals surface area contributed by atoms with E-state index < -0.39 is 64.8 Å². The summed E-state index contributed by atoms with van der Waals surface area (Å²) in [4.78, 5) is 102. The zero-order chi connectivity index (χ0) is 40.4. The van der Waals surface area contributed by atoms with Gasteiger partial charge < -0.3 is 48.3 Å². The van der Waals surface area contributed by atoms with Crippen molar-refractivity contribution >= 4 is 46.8 Å². The highest BCUT2D eigenvalue weighted by molar-refractivity contribution is 6.23. The van der Waals surface area contributed by atoms with E-state index in [2.05, 4.69) is 26.6 Å². The average molecular weight is 748 g/mol. The molecule has 0 aromatic heterocycles. The van der Waals surface area contributed by atoms with Crippen LogP contribution in [-0.4, -0.2) is 107 Å². The van der Waals surface area contributed by atoms with Gasteiger partial charge in [0.05, 0.1) is 23.3 Å². The molecule has 0 bridgehead atoms. The molecule has 2 rings (SSSR count). The number of allylic oxidation sites excluding steroid dienone is 4. The molecule has 17 heteroatoms. The first-order valence-corrected chi connectivity index (χ1v) is 17.8. The van der Waals surface area contributed by atoms with Crippen LogP contribution in [0.1, 0.15) is 93.4 Å². The Balaban J connectivity index is 2.14. The molecular formula is C36H57N7O10. The number of carbonyl (C=O) groups is 8. The number of nitrogens with two attached hydrogens (primary N) is 2. The molecule has 296 valence electrons. The van der Waals surface area contributed by atoms with Gasteiger partial charge in [0.2, 0.25) is 17.7 Å². The summed E-state index contributed by atoms with van der Waals surface area (Å²) in [6.45, 7) is 11.7. The van der Waals surface area contributed by atoms with Crippen LogP contribution in [-0.2, 0) is 38.4 Å².